The van der Waals surface area contributed by atoms with Gasteiger partial charge in [-0.3, -0.25) is 0 Å². The van der Waals surface area contributed by atoms with Crippen LogP contribution < -0.4 is 4.74 Å². The van der Waals surface area contributed by atoms with E-state index in [9.17, 15) is 0 Å². The molecule has 1 aromatic rings. The summed E-state index contributed by atoms with van der Waals surface area (Å²) >= 11 is 0. The lowest BCUT2D eigenvalue weighted by Gasteiger charge is -2.05. The molecule has 0 amide bonds. The lowest BCUT2D eigenvalue weighted by Crippen LogP contribution is -1.96. The van der Waals surface area contributed by atoms with Gasteiger partial charge in [0, 0.05) is 0 Å². The molecule has 0 unspecified atom stereocenters. The molecule has 0 aliphatic rings. The number of benzene rings is 1. The Labute approximate surface area is 78.8 Å². The zero-order valence-electron chi connectivity index (χ0n) is 8.00. The Balaban J connectivity index is 2.59. The van der Waals surface area contributed by atoms with Gasteiger partial charge in [0.25, 0.3) is 0 Å². The van der Waals surface area contributed by atoms with Crippen molar-refractivity contribution in [2.24, 2.45) is 0 Å². The van der Waals surface area contributed by atoms with Crippen molar-refractivity contribution < 1.29 is 4.74 Å². The van der Waals surface area contributed by atoms with Crippen LogP contribution in [0.25, 0.3) is 0 Å². The molecular weight excluding hydrogens is 162 g/mol. The summed E-state index contributed by atoms with van der Waals surface area (Å²) in [6, 6.07) is 7.99. The summed E-state index contributed by atoms with van der Waals surface area (Å²) in [5.74, 6) is 0.846. The maximum Gasteiger partial charge on any atom is 0.119 e. The van der Waals surface area contributed by atoms with Crippen LogP contribution in [0.3, 0.4) is 0 Å². The number of hydrogen-bond donors (Lipinski definition) is 0. The summed E-state index contributed by atoms with van der Waals surface area (Å²) < 4.78 is 5.36. The third-order valence-corrected chi connectivity index (χ3v) is 1.96. The highest BCUT2D eigenvalue weighted by molar-refractivity contribution is 5.33. The van der Waals surface area contributed by atoms with Crippen LogP contribution in [0.1, 0.15) is 17.5 Å². The average molecular weight is 175 g/mol. The molecule has 0 heterocycles. The van der Waals surface area contributed by atoms with Gasteiger partial charge in [-0.25, -0.2) is 0 Å². The van der Waals surface area contributed by atoms with E-state index >= 15 is 0 Å². The zero-order chi connectivity index (χ0) is 9.68. The van der Waals surface area contributed by atoms with Crippen molar-refractivity contribution in [2.45, 2.75) is 20.3 Å². The van der Waals surface area contributed by atoms with Crippen LogP contribution in [0, 0.1) is 25.2 Å². The molecule has 1 aromatic carbocycles. The van der Waals surface area contributed by atoms with Crippen molar-refractivity contribution in [1.82, 2.24) is 0 Å². The smallest absolute Gasteiger partial charge is 0.119 e. The molecule has 13 heavy (non-hydrogen) atoms. The maximum absolute atomic E-state index is 8.31. The minimum atomic E-state index is 0.437. The van der Waals surface area contributed by atoms with Gasteiger partial charge in [0.1, 0.15) is 12.4 Å². The van der Waals surface area contributed by atoms with Gasteiger partial charge in [0.15, 0.2) is 0 Å². The van der Waals surface area contributed by atoms with E-state index in [2.05, 4.69) is 6.92 Å². The monoisotopic (exact) mass is 175 g/mol. The van der Waals surface area contributed by atoms with Gasteiger partial charge < -0.3 is 4.74 Å². The molecule has 0 fully saturated rings. The topological polar surface area (TPSA) is 33.0 Å². The van der Waals surface area contributed by atoms with Gasteiger partial charge in [-0.1, -0.05) is 6.07 Å². The third kappa shape index (κ3) is 2.79. The summed E-state index contributed by atoms with van der Waals surface area (Å²) in [6.07, 6.45) is 0.437. The minimum Gasteiger partial charge on any atom is -0.493 e. The molecule has 0 saturated carbocycles. The van der Waals surface area contributed by atoms with Crippen LogP contribution in [-0.2, 0) is 0 Å². The third-order valence-electron chi connectivity index (χ3n) is 1.96. The van der Waals surface area contributed by atoms with Crippen molar-refractivity contribution in [2.75, 3.05) is 6.61 Å². The Hall–Kier alpha value is -1.49. The van der Waals surface area contributed by atoms with Crippen LogP contribution in [0.15, 0.2) is 18.2 Å². The lowest BCUT2D eigenvalue weighted by molar-refractivity contribution is 0.326. The van der Waals surface area contributed by atoms with Crippen molar-refractivity contribution in [3.05, 3.63) is 29.3 Å². The number of nitriles is 1. The molecule has 0 spiro atoms. The summed E-state index contributed by atoms with van der Waals surface area (Å²) in [5.41, 5.74) is 2.47. The predicted molar refractivity (Wildman–Crippen MR) is 51.6 cm³/mol. The first-order valence-corrected chi connectivity index (χ1v) is 4.31. The Kier molecular flexibility index (Phi) is 3.33. The Morgan fingerprint density at radius 2 is 2.08 bits per heavy atom. The summed E-state index contributed by atoms with van der Waals surface area (Å²) in [7, 11) is 0. The molecule has 0 atom stereocenters. The van der Waals surface area contributed by atoms with E-state index in [1.165, 1.54) is 11.1 Å². The van der Waals surface area contributed by atoms with E-state index in [4.69, 9.17) is 10.00 Å². The van der Waals surface area contributed by atoms with E-state index in [1.807, 2.05) is 31.2 Å². The first-order valence-electron chi connectivity index (χ1n) is 4.31. The molecule has 0 aromatic heterocycles. The first-order chi connectivity index (χ1) is 6.24. The van der Waals surface area contributed by atoms with Gasteiger partial charge in [-0.15, -0.1) is 0 Å². The summed E-state index contributed by atoms with van der Waals surface area (Å²) in [6.45, 7) is 4.58. The lowest BCUT2D eigenvalue weighted by atomic mass is 10.1. The van der Waals surface area contributed by atoms with Crippen molar-refractivity contribution in [1.29, 1.82) is 5.26 Å². The summed E-state index contributed by atoms with van der Waals surface area (Å²) in [5, 5.41) is 8.31. The van der Waals surface area contributed by atoms with E-state index in [1.54, 1.807) is 0 Å². The highest BCUT2D eigenvalue weighted by atomic mass is 16.5. The normalized spacial score (nSPS) is 9.31. The number of rotatable bonds is 3. The van der Waals surface area contributed by atoms with E-state index in [0.29, 0.717) is 13.0 Å². The SMILES string of the molecule is Cc1ccc(OCCC#N)cc1C. The second kappa shape index (κ2) is 4.51. The fourth-order valence-corrected chi connectivity index (χ4v) is 1.02. The van der Waals surface area contributed by atoms with E-state index in [0.717, 1.165) is 5.75 Å². The van der Waals surface area contributed by atoms with Crippen molar-refractivity contribution in [3.8, 4) is 11.8 Å². The summed E-state index contributed by atoms with van der Waals surface area (Å²) in [4.78, 5) is 0. The van der Waals surface area contributed by atoms with Gasteiger partial charge in [0.05, 0.1) is 12.5 Å². The van der Waals surface area contributed by atoms with Crippen LogP contribution in [0.2, 0.25) is 0 Å². The zero-order valence-corrected chi connectivity index (χ0v) is 8.00. The van der Waals surface area contributed by atoms with Crippen LogP contribution in [0.5, 0.6) is 5.75 Å². The highest BCUT2D eigenvalue weighted by Crippen LogP contribution is 2.16. The van der Waals surface area contributed by atoms with Gasteiger partial charge in [-0.2, -0.15) is 5.26 Å². The standard InChI is InChI=1S/C11H13NO/c1-9-4-5-11(8-10(9)2)13-7-3-6-12/h4-5,8H,3,7H2,1-2H3. The van der Waals surface area contributed by atoms with Gasteiger partial charge in [0.2, 0.25) is 0 Å². The quantitative estimate of drug-likeness (QED) is 0.661. The first kappa shape index (κ1) is 9.60. The largest absolute Gasteiger partial charge is 0.493 e. The molecule has 0 aliphatic heterocycles. The van der Waals surface area contributed by atoms with Crippen LogP contribution in [-0.4, -0.2) is 6.61 Å². The van der Waals surface area contributed by atoms with Crippen LogP contribution in [0.4, 0.5) is 0 Å². The molecule has 2 nitrogen and oxygen atoms in total. The number of nitrogens with zero attached hydrogens (tertiary/aromatic N) is 1. The molecule has 0 radical (unpaired) electrons. The average Bonchev–Trinajstić information content (AvgIpc) is 2.12. The van der Waals surface area contributed by atoms with Crippen molar-refractivity contribution in [3.63, 3.8) is 0 Å². The molecule has 68 valence electrons. The van der Waals surface area contributed by atoms with Crippen LogP contribution >= 0.6 is 0 Å². The molecular formula is C11H13NO. The van der Waals surface area contributed by atoms with Crippen molar-refractivity contribution >= 4 is 0 Å². The molecule has 0 N–H and O–H groups in total. The maximum atomic E-state index is 8.31. The molecule has 2 heteroatoms. The Morgan fingerprint density at radius 1 is 1.31 bits per heavy atom. The molecule has 0 bridgehead atoms. The minimum absolute atomic E-state index is 0.437. The van der Waals surface area contributed by atoms with Gasteiger partial charge >= 0.3 is 0 Å². The second-order valence-corrected chi connectivity index (χ2v) is 3.00. The fourth-order valence-electron chi connectivity index (χ4n) is 1.02. The predicted octanol–water partition coefficient (Wildman–Crippen LogP) is 2.60. The number of aryl methyl sites for hydroxylation is 2. The van der Waals surface area contributed by atoms with E-state index in [-0.39, 0.29) is 0 Å². The highest BCUT2D eigenvalue weighted by Gasteiger charge is 1.96. The number of hydrogen-bond acceptors (Lipinski definition) is 2. The Morgan fingerprint density at radius 3 is 2.69 bits per heavy atom. The molecule has 1 rings (SSSR count). The van der Waals surface area contributed by atoms with Gasteiger partial charge in [-0.05, 0) is 37.1 Å². The Bertz CT molecular complexity index is 325. The fraction of sp³-hybridized carbons (Fsp3) is 0.364. The second-order valence-electron chi connectivity index (χ2n) is 3.00. The molecule has 0 saturated heterocycles. The van der Waals surface area contributed by atoms with E-state index < -0.39 is 0 Å². The number of ether oxygens (including phenoxy) is 1. The molecule has 0 aliphatic carbocycles.